The topological polar surface area (TPSA) is 49.8 Å². The first-order chi connectivity index (χ1) is 9.64. The third kappa shape index (κ3) is 2.18. The number of hydrogen-bond acceptors (Lipinski definition) is 3. The van der Waals surface area contributed by atoms with Crippen LogP contribution in [-0.4, -0.2) is 36.2 Å². The van der Waals surface area contributed by atoms with Crippen LogP contribution in [0.25, 0.3) is 0 Å². The molecule has 1 heterocycles. The zero-order valence-electron chi connectivity index (χ0n) is 11.8. The largest absolute Gasteiger partial charge is 0.497 e. The maximum absolute atomic E-state index is 11.6. The van der Waals surface area contributed by atoms with E-state index in [2.05, 4.69) is 17.0 Å². The third-order valence-electron chi connectivity index (χ3n) is 4.93. The molecule has 1 N–H and O–H groups in total. The molecule has 1 aromatic carbocycles. The number of rotatable bonds is 4. The molecule has 0 spiro atoms. The number of ether oxygens (including phenoxy) is 1. The first-order valence-electron chi connectivity index (χ1n) is 7.23. The molecule has 1 aromatic rings. The van der Waals surface area contributed by atoms with Gasteiger partial charge in [0.2, 0.25) is 0 Å². The quantitative estimate of drug-likeness (QED) is 0.916. The Morgan fingerprint density at radius 2 is 2.20 bits per heavy atom. The molecule has 0 bridgehead atoms. The molecule has 1 aliphatic heterocycles. The molecule has 3 rings (SSSR count). The molecule has 4 nitrogen and oxygen atoms in total. The molecule has 2 aliphatic rings. The van der Waals surface area contributed by atoms with Crippen LogP contribution in [0.1, 0.15) is 24.8 Å². The molecular formula is C16H21NO3. The fraction of sp³-hybridized carbons (Fsp3) is 0.562. The number of methoxy groups -OCH3 is 1. The van der Waals surface area contributed by atoms with Gasteiger partial charge in [0.15, 0.2) is 0 Å². The summed E-state index contributed by atoms with van der Waals surface area (Å²) in [6.45, 7) is 2.44. The molecule has 0 amide bonds. The number of nitrogens with zero attached hydrogens (tertiary/aromatic N) is 1. The predicted octanol–water partition coefficient (Wildman–Crippen LogP) is 2.38. The molecule has 4 heteroatoms. The van der Waals surface area contributed by atoms with Crippen LogP contribution in [0.15, 0.2) is 24.3 Å². The maximum Gasteiger partial charge on any atom is 0.311 e. The Labute approximate surface area is 119 Å². The van der Waals surface area contributed by atoms with Crippen LogP contribution in [-0.2, 0) is 11.3 Å². The zero-order valence-corrected chi connectivity index (χ0v) is 11.8. The highest BCUT2D eigenvalue weighted by atomic mass is 16.5. The predicted molar refractivity (Wildman–Crippen MR) is 75.7 cm³/mol. The number of benzene rings is 1. The van der Waals surface area contributed by atoms with Crippen LogP contribution in [0.4, 0.5) is 0 Å². The molecule has 108 valence electrons. The number of carboxylic acid groups (broad SMARTS) is 1. The van der Waals surface area contributed by atoms with E-state index in [1.807, 2.05) is 12.1 Å². The van der Waals surface area contributed by atoms with Crippen LogP contribution < -0.4 is 4.74 Å². The normalized spacial score (nSPS) is 29.4. The van der Waals surface area contributed by atoms with E-state index in [9.17, 15) is 9.90 Å². The van der Waals surface area contributed by atoms with Gasteiger partial charge in [-0.3, -0.25) is 9.69 Å². The lowest BCUT2D eigenvalue weighted by molar-refractivity contribution is -0.149. The van der Waals surface area contributed by atoms with Gasteiger partial charge in [-0.15, -0.1) is 0 Å². The summed E-state index contributed by atoms with van der Waals surface area (Å²) in [6.07, 6.45) is 2.96. The Hall–Kier alpha value is -1.55. The van der Waals surface area contributed by atoms with E-state index in [1.165, 1.54) is 5.56 Å². The molecular weight excluding hydrogens is 254 g/mol. The summed E-state index contributed by atoms with van der Waals surface area (Å²) < 4.78 is 5.16. The van der Waals surface area contributed by atoms with Crippen molar-refractivity contribution in [2.45, 2.75) is 25.8 Å². The van der Waals surface area contributed by atoms with Gasteiger partial charge < -0.3 is 9.84 Å². The standard InChI is InChI=1S/C16H21NO3/c1-20-14-6-4-12(5-7-14)9-17-10-13-3-2-8-16(13,11-17)15(18)19/h4-7,13H,2-3,8-11H2,1H3,(H,18,19)/t13-,16+/m0/s1. The van der Waals surface area contributed by atoms with E-state index in [1.54, 1.807) is 7.11 Å². The van der Waals surface area contributed by atoms with Crippen LogP contribution in [0.3, 0.4) is 0 Å². The van der Waals surface area contributed by atoms with E-state index in [0.717, 1.165) is 38.1 Å². The van der Waals surface area contributed by atoms with Crippen molar-refractivity contribution in [1.29, 1.82) is 0 Å². The summed E-state index contributed by atoms with van der Waals surface area (Å²) in [5.74, 6) is 0.588. The molecule has 20 heavy (non-hydrogen) atoms. The van der Waals surface area contributed by atoms with E-state index >= 15 is 0 Å². The minimum Gasteiger partial charge on any atom is -0.497 e. The van der Waals surface area contributed by atoms with Gasteiger partial charge in [0.1, 0.15) is 5.75 Å². The Balaban J connectivity index is 1.69. The first kappa shape index (κ1) is 13.4. The SMILES string of the molecule is COc1ccc(CN2C[C@@H]3CCC[C@@]3(C(=O)O)C2)cc1. The van der Waals surface area contributed by atoms with E-state index in [-0.39, 0.29) is 0 Å². The number of likely N-dealkylation sites (tertiary alicyclic amines) is 1. The molecule has 1 aliphatic carbocycles. The van der Waals surface area contributed by atoms with Crippen LogP contribution in [0.5, 0.6) is 5.75 Å². The molecule has 2 fully saturated rings. The fourth-order valence-corrected chi connectivity index (χ4v) is 3.85. The Morgan fingerprint density at radius 3 is 2.80 bits per heavy atom. The van der Waals surface area contributed by atoms with Crippen molar-refractivity contribution in [2.24, 2.45) is 11.3 Å². The lowest BCUT2D eigenvalue weighted by Crippen LogP contribution is -2.35. The van der Waals surface area contributed by atoms with Crippen molar-refractivity contribution >= 4 is 5.97 Å². The number of carboxylic acids is 1. The van der Waals surface area contributed by atoms with Gasteiger partial charge in [-0.25, -0.2) is 0 Å². The highest BCUT2D eigenvalue weighted by Crippen LogP contribution is 2.49. The monoisotopic (exact) mass is 275 g/mol. The van der Waals surface area contributed by atoms with Crippen molar-refractivity contribution in [2.75, 3.05) is 20.2 Å². The number of carbonyl (C=O) groups is 1. The van der Waals surface area contributed by atoms with E-state index < -0.39 is 11.4 Å². The number of aliphatic carboxylic acids is 1. The smallest absolute Gasteiger partial charge is 0.311 e. The fourth-order valence-electron chi connectivity index (χ4n) is 3.85. The molecule has 0 unspecified atom stereocenters. The second kappa shape index (κ2) is 5.09. The average molecular weight is 275 g/mol. The highest BCUT2D eigenvalue weighted by Gasteiger charge is 2.54. The summed E-state index contributed by atoms with van der Waals surface area (Å²) in [5, 5.41) is 9.58. The van der Waals surface area contributed by atoms with Gasteiger partial charge >= 0.3 is 5.97 Å². The van der Waals surface area contributed by atoms with Crippen molar-refractivity contribution in [3.05, 3.63) is 29.8 Å². The molecule has 0 radical (unpaired) electrons. The summed E-state index contributed by atoms with van der Waals surface area (Å²) in [5.41, 5.74) is 0.734. The van der Waals surface area contributed by atoms with Crippen molar-refractivity contribution < 1.29 is 14.6 Å². The van der Waals surface area contributed by atoms with Crippen LogP contribution >= 0.6 is 0 Å². The summed E-state index contributed by atoms with van der Waals surface area (Å²) in [7, 11) is 1.66. The molecule has 1 saturated carbocycles. The van der Waals surface area contributed by atoms with Gasteiger partial charge in [0.25, 0.3) is 0 Å². The van der Waals surface area contributed by atoms with Crippen LogP contribution in [0, 0.1) is 11.3 Å². The summed E-state index contributed by atoms with van der Waals surface area (Å²) in [4.78, 5) is 13.9. The zero-order chi connectivity index (χ0) is 14.2. The first-order valence-corrected chi connectivity index (χ1v) is 7.23. The highest BCUT2D eigenvalue weighted by molar-refractivity contribution is 5.76. The number of fused-ring (bicyclic) bond motifs is 1. The molecule has 0 aromatic heterocycles. The Kier molecular flexibility index (Phi) is 3.42. The van der Waals surface area contributed by atoms with Crippen molar-refractivity contribution in [3.63, 3.8) is 0 Å². The Morgan fingerprint density at radius 1 is 1.45 bits per heavy atom. The Bertz CT molecular complexity index is 499. The third-order valence-corrected chi connectivity index (χ3v) is 4.93. The number of hydrogen-bond donors (Lipinski definition) is 1. The second-order valence-corrected chi connectivity index (χ2v) is 6.07. The van der Waals surface area contributed by atoms with Gasteiger partial charge in [0.05, 0.1) is 12.5 Å². The molecule has 2 atom stereocenters. The lowest BCUT2D eigenvalue weighted by Gasteiger charge is -2.23. The van der Waals surface area contributed by atoms with Gasteiger partial charge in [-0.05, 0) is 36.5 Å². The molecule has 1 saturated heterocycles. The van der Waals surface area contributed by atoms with Gasteiger partial charge in [-0.2, -0.15) is 0 Å². The lowest BCUT2D eigenvalue weighted by atomic mass is 9.81. The minimum atomic E-state index is -0.600. The second-order valence-electron chi connectivity index (χ2n) is 6.07. The van der Waals surface area contributed by atoms with E-state index in [0.29, 0.717) is 12.5 Å². The minimum absolute atomic E-state index is 0.332. The van der Waals surface area contributed by atoms with Crippen molar-refractivity contribution in [1.82, 2.24) is 4.90 Å². The maximum atomic E-state index is 11.6. The van der Waals surface area contributed by atoms with Gasteiger partial charge in [-0.1, -0.05) is 18.6 Å². The average Bonchev–Trinajstić information content (AvgIpc) is 2.97. The summed E-state index contributed by atoms with van der Waals surface area (Å²) >= 11 is 0. The van der Waals surface area contributed by atoms with Gasteiger partial charge in [0, 0.05) is 19.6 Å². The summed E-state index contributed by atoms with van der Waals surface area (Å²) in [6, 6.07) is 8.03. The van der Waals surface area contributed by atoms with E-state index in [4.69, 9.17) is 4.74 Å². The van der Waals surface area contributed by atoms with Crippen LogP contribution in [0.2, 0.25) is 0 Å². The van der Waals surface area contributed by atoms with Crippen molar-refractivity contribution in [3.8, 4) is 5.75 Å².